The average molecular weight is 340 g/mol. The molecule has 1 aromatic heterocycles. The van der Waals surface area contributed by atoms with E-state index in [0.717, 1.165) is 29.0 Å². The number of rotatable bonds is 7. The highest BCUT2D eigenvalue weighted by molar-refractivity contribution is 7.99. The van der Waals surface area contributed by atoms with Gasteiger partial charge in [-0.15, -0.1) is 0 Å². The fourth-order valence-corrected chi connectivity index (χ4v) is 3.24. The maximum atomic E-state index is 4.95. The monoisotopic (exact) mass is 339 g/mol. The second-order valence-corrected chi connectivity index (χ2v) is 6.78. The first-order valence-corrected chi connectivity index (χ1v) is 8.89. The van der Waals surface area contributed by atoms with Gasteiger partial charge >= 0.3 is 0 Å². The smallest absolute Gasteiger partial charge is 0.108 e. The number of hydrogen-bond acceptors (Lipinski definition) is 3. The van der Waals surface area contributed by atoms with Gasteiger partial charge in [0.05, 0.1) is 0 Å². The average Bonchev–Trinajstić information content (AvgIpc) is 2.54. The van der Waals surface area contributed by atoms with Gasteiger partial charge in [-0.1, -0.05) is 60.4 Å². The molecule has 0 saturated heterocycles. The van der Waals surface area contributed by atoms with E-state index in [9.17, 15) is 0 Å². The van der Waals surface area contributed by atoms with Gasteiger partial charge < -0.3 is 0 Å². The van der Waals surface area contributed by atoms with Gasteiger partial charge in [-0.05, 0) is 61.4 Å². The van der Waals surface area contributed by atoms with Crippen LogP contribution in [0, 0.1) is 6.92 Å². The van der Waals surface area contributed by atoms with E-state index in [4.69, 9.17) is 12.2 Å². The summed E-state index contributed by atoms with van der Waals surface area (Å²) in [5, 5.41) is 2.80. The molecule has 0 N–H and O–H groups in total. The van der Waals surface area contributed by atoms with Crippen molar-refractivity contribution in [1.82, 2.24) is 4.98 Å². The lowest BCUT2D eigenvalue weighted by Gasteiger charge is -2.10. The van der Waals surface area contributed by atoms with E-state index in [1.807, 2.05) is 19.2 Å². The molecular weight excluding hydrogens is 318 g/mol. The number of allylic oxidation sites excluding steroid dienone is 2. The summed E-state index contributed by atoms with van der Waals surface area (Å²) < 4.78 is 0. The molecule has 0 aliphatic carbocycles. The lowest BCUT2D eigenvalue weighted by Crippen LogP contribution is -1.90. The van der Waals surface area contributed by atoms with E-state index in [0.29, 0.717) is 0 Å². The zero-order valence-corrected chi connectivity index (χ0v) is 15.2. The molecule has 0 aliphatic heterocycles. The molecule has 23 heavy (non-hydrogen) atoms. The fraction of sp³-hybridized carbons (Fsp3) is 0.200. The fourth-order valence-electron chi connectivity index (χ4n) is 2.18. The molecule has 2 aromatic rings. The molecule has 0 unspecified atom stereocenters. The molecule has 0 amide bonds. The van der Waals surface area contributed by atoms with Gasteiger partial charge in [0.15, 0.2) is 0 Å². The maximum absolute atomic E-state index is 4.95. The van der Waals surface area contributed by atoms with Crippen molar-refractivity contribution in [2.45, 2.75) is 36.6 Å². The second-order valence-electron chi connectivity index (χ2n) is 5.42. The number of hydrogen-bond donors (Lipinski definition) is 0. The minimum absolute atomic E-state index is 0.883. The molecule has 0 saturated carbocycles. The van der Waals surface area contributed by atoms with Crippen LogP contribution in [0.4, 0.5) is 0 Å². The van der Waals surface area contributed by atoms with Gasteiger partial charge in [-0.25, -0.2) is 4.98 Å². The van der Waals surface area contributed by atoms with Crippen molar-refractivity contribution in [1.29, 1.82) is 0 Å². The Morgan fingerprint density at radius 2 is 2.04 bits per heavy atom. The quantitative estimate of drug-likeness (QED) is 0.435. The standard InChI is InChI=1S/C20H21NS2/c1-15(2)17(10-7-13-22)14-18-9-6-12-21-20(18)23-19-11-5-4-8-16(19)3/h4-6,8-9,11-14H,1,7,10H2,2-3H3/b17-14+. The molecule has 0 fully saturated rings. The first-order chi connectivity index (χ1) is 11.1. The van der Waals surface area contributed by atoms with Crippen LogP contribution in [0.5, 0.6) is 0 Å². The molecular formula is C20H21NS2. The minimum atomic E-state index is 0.883. The van der Waals surface area contributed by atoms with Gasteiger partial charge in [0.1, 0.15) is 5.03 Å². The Bertz CT molecular complexity index is 732. The molecule has 118 valence electrons. The van der Waals surface area contributed by atoms with E-state index in [2.05, 4.69) is 54.9 Å². The third-order valence-corrected chi connectivity index (χ3v) is 4.96. The molecule has 1 heterocycles. The summed E-state index contributed by atoms with van der Waals surface area (Å²) in [6.07, 6.45) is 5.83. The summed E-state index contributed by atoms with van der Waals surface area (Å²) in [5.41, 5.74) is 4.70. The van der Waals surface area contributed by atoms with Gasteiger partial charge in [0.25, 0.3) is 0 Å². The largest absolute Gasteiger partial charge is 0.249 e. The molecule has 0 atom stereocenters. The molecule has 2 rings (SSSR count). The summed E-state index contributed by atoms with van der Waals surface area (Å²) in [4.78, 5) is 5.80. The Kier molecular flexibility index (Phi) is 6.75. The molecule has 3 heteroatoms. The van der Waals surface area contributed by atoms with Crippen LogP contribution in [0.3, 0.4) is 0 Å². The third kappa shape index (κ3) is 5.15. The van der Waals surface area contributed by atoms with Crippen LogP contribution < -0.4 is 0 Å². The number of aromatic nitrogens is 1. The first kappa shape index (κ1) is 17.6. The van der Waals surface area contributed by atoms with Crippen LogP contribution in [0.25, 0.3) is 6.08 Å². The van der Waals surface area contributed by atoms with Crippen LogP contribution in [-0.2, 0) is 0 Å². The minimum Gasteiger partial charge on any atom is -0.249 e. The Balaban J connectivity index is 2.35. The predicted molar refractivity (Wildman–Crippen MR) is 105 cm³/mol. The van der Waals surface area contributed by atoms with Crippen LogP contribution in [0.1, 0.15) is 30.9 Å². The lowest BCUT2D eigenvalue weighted by atomic mass is 10.0. The number of pyridine rings is 1. The van der Waals surface area contributed by atoms with Crippen LogP contribution in [0.2, 0.25) is 0 Å². The highest BCUT2D eigenvalue weighted by Crippen LogP contribution is 2.32. The number of thiocarbonyl (C=S) groups is 1. The topological polar surface area (TPSA) is 12.9 Å². The summed E-state index contributed by atoms with van der Waals surface area (Å²) >= 11 is 6.65. The first-order valence-electron chi connectivity index (χ1n) is 7.60. The molecule has 0 radical (unpaired) electrons. The van der Waals surface area contributed by atoms with E-state index < -0.39 is 0 Å². The molecule has 0 aliphatic rings. The zero-order valence-electron chi connectivity index (χ0n) is 13.6. The van der Waals surface area contributed by atoms with E-state index in [1.54, 1.807) is 17.1 Å². The van der Waals surface area contributed by atoms with Crippen molar-refractivity contribution in [2.24, 2.45) is 0 Å². The predicted octanol–water partition coefficient (Wildman–Crippen LogP) is 6.28. The number of aryl methyl sites for hydroxylation is 1. The van der Waals surface area contributed by atoms with Crippen LogP contribution >= 0.6 is 24.0 Å². The summed E-state index contributed by atoms with van der Waals surface area (Å²) in [6, 6.07) is 12.5. The molecule has 1 nitrogen and oxygen atoms in total. The Morgan fingerprint density at radius 1 is 1.26 bits per heavy atom. The van der Waals surface area contributed by atoms with Crippen LogP contribution in [-0.4, -0.2) is 10.4 Å². The molecule has 1 aromatic carbocycles. The normalized spacial score (nSPS) is 11.3. The van der Waals surface area contributed by atoms with E-state index in [-0.39, 0.29) is 0 Å². The zero-order chi connectivity index (χ0) is 16.7. The van der Waals surface area contributed by atoms with Gasteiger partial charge in [0, 0.05) is 16.7 Å². The van der Waals surface area contributed by atoms with Crippen molar-refractivity contribution < 1.29 is 0 Å². The maximum Gasteiger partial charge on any atom is 0.108 e. The number of nitrogens with zero attached hydrogens (tertiary/aromatic N) is 1. The molecule has 0 spiro atoms. The summed E-state index contributed by atoms with van der Waals surface area (Å²) in [5.74, 6) is 0. The number of benzene rings is 1. The van der Waals surface area contributed by atoms with Gasteiger partial charge in [-0.3, -0.25) is 0 Å². The summed E-state index contributed by atoms with van der Waals surface area (Å²) in [7, 11) is 0. The third-order valence-electron chi connectivity index (χ3n) is 3.51. The molecule has 0 bridgehead atoms. The van der Waals surface area contributed by atoms with Crippen molar-refractivity contribution in [2.75, 3.05) is 0 Å². The van der Waals surface area contributed by atoms with Crippen LogP contribution in [0.15, 0.2) is 70.2 Å². The van der Waals surface area contributed by atoms with Crippen molar-refractivity contribution in [3.63, 3.8) is 0 Å². The highest BCUT2D eigenvalue weighted by atomic mass is 32.2. The van der Waals surface area contributed by atoms with Crippen molar-refractivity contribution >= 4 is 35.4 Å². The Hall–Kier alpha value is -1.71. The SMILES string of the molecule is C=C(C)/C(=C/c1cccnc1Sc1ccccc1C)CCC=S. The van der Waals surface area contributed by atoms with Crippen molar-refractivity contribution in [3.05, 3.63) is 71.4 Å². The highest BCUT2D eigenvalue weighted by Gasteiger charge is 2.07. The van der Waals surface area contributed by atoms with Gasteiger partial charge in [0.2, 0.25) is 0 Å². The Morgan fingerprint density at radius 3 is 2.74 bits per heavy atom. The lowest BCUT2D eigenvalue weighted by molar-refractivity contribution is 1.05. The second kappa shape index (κ2) is 8.80. The van der Waals surface area contributed by atoms with Crippen molar-refractivity contribution in [3.8, 4) is 0 Å². The van der Waals surface area contributed by atoms with E-state index >= 15 is 0 Å². The van der Waals surface area contributed by atoms with Gasteiger partial charge in [-0.2, -0.15) is 0 Å². The van der Waals surface area contributed by atoms with E-state index in [1.165, 1.54) is 16.0 Å². The Labute approximate surface area is 148 Å². The summed E-state index contributed by atoms with van der Waals surface area (Å²) in [6.45, 7) is 8.25.